The van der Waals surface area contributed by atoms with Gasteiger partial charge in [0.25, 0.3) is 0 Å². The number of imidazole rings is 1. The number of nitrogens with one attached hydrogen (secondary N) is 1. The Hall–Kier alpha value is -1.82. The van der Waals surface area contributed by atoms with Crippen LogP contribution in [0.3, 0.4) is 0 Å². The van der Waals surface area contributed by atoms with Crippen LogP contribution in [0.2, 0.25) is 0 Å². The standard InChI is InChI=1S/C14H23N5O/c1-5-18(6-2)9-10-19-13-11(15-14(19)20)7-8-12(16-13)17(3)4/h7-8H,5-6,9-10H2,1-4H3,(H,15,20). The fourth-order valence-corrected chi connectivity index (χ4v) is 2.26. The number of hydrogen-bond acceptors (Lipinski definition) is 4. The molecular weight excluding hydrogens is 254 g/mol. The number of likely N-dealkylation sites (N-methyl/N-ethyl adjacent to an activating group) is 1. The molecule has 2 heterocycles. The molecule has 0 bridgehead atoms. The lowest BCUT2D eigenvalue weighted by Gasteiger charge is -2.18. The zero-order valence-electron chi connectivity index (χ0n) is 12.7. The third kappa shape index (κ3) is 2.85. The van der Waals surface area contributed by atoms with Gasteiger partial charge in [0.1, 0.15) is 5.82 Å². The van der Waals surface area contributed by atoms with E-state index in [9.17, 15) is 4.79 Å². The topological polar surface area (TPSA) is 57.2 Å². The van der Waals surface area contributed by atoms with Crippen molar-refractivity contribution in [3.05, 3.63) is 22.6 Å². The molecule has 0 fully saturated rings. The number of aromatic amines is 1. The summed E-state index contributed by atoms with van der Waals surface area (Å²) >= 11 is 0. The van der Waals surface area contributed by atoms with Crippen molar-refractivity contribution in [2.75, 3.05) is 38.6 Å². The van der Waals surface area contributed by atoms with E-state index in [1.165, 1.54) is 0 Å². The summed E-state index contributed by atoms with van der Waals surface area (Å²) in [6, 6.07) is 3.82. The molecule has 0 saturated heterocycles. The fraction of sp³-hybridized carbons (Fsp3) is 0.571. The van der Waals surface area contributed by atoms with E-state index in [0.717, 1.165) is 36.6 Å². The van der Waals surface area contributed by atoms with E-state index >= 15 is 0 Å². The molecule has 6 heteroatoms. The predicted molar refractivity (Wildman–Crippen MR) is 82.5 cm³/mol. The van der Waals surface area contributed by atoms with E-state index in [2.05, 4.69) is 28.7 Å². The number of rotatable bonds is 6. The number of H-pyrrole nitrogens is 1. The number of hydrogen-bond donors (Lipinski definition) is 1. The molecule has 2 aromatic heterocycles. The summed E-state index contributed by atoms with van der Waals surface area (Å²) in [5, 5.41) is 0. The first kappa shape index (κ1) is 14.6. The normalized spacial score (nSPS) is 11.4. The molecule has 1 N–H and O–H groups in total. The lowest BCUT2D eigenvalue weighted by atomic mass is 10.4. The Bertz CT molecular complexity index is 624. The second kappa shape index (κ2) is 6.09. The van der Waals surface area contributed by atoms with Crippen molar-refractivity contribution in [1.82, 2.24) is 19.4 Å². The van der Waals surface area contributed by atoms with Crippen molar-refractivity contribution in [3.63, 3.8) is 0 Å². The highest BCUT2D eigenvalue weighted by atomic mass is 16.1. The summed E-state index contributed by atoms with van der Waals surface area (Å²) in [7, 11) is 3.89. The van der Waals surface area contributed by atoms with Crippen molar-refractivity contribution in [1.29, 1.82) is 0 Å². The maximum absolute atomic E-state index is 12.0. The number of pyridine rings is 1. The second-order valence-corrected chi connectivity index (χ2v) is 5.04. The zero-order chi connectivity index (χ0) is 14.7. The summed E-state index contributed by atoms with van der Waals surface area (Å²) in [5.41, 5.74) is 1.43. The molecular formula is C14H23N5O. The van der Waals surface area contributed by atoms with Gasteiger partial charge in [-0.2, -0.15) is 0 Å². The first-order chi connectivity index (χ1) is 9.56. The van der Waals surface area contributed by atoms with Gasteiger partial charge in [0, 0.05) is 27.2 Å². The molecule has 0 amide bonds. The molecule has 0 aliphatic heterocycles. The molecule has 2 rings (SSSR count). The third-order valence-corrected chi connectivity index (χ3v) is 3.60. The van der Waals surface area contributed by atoms with E-state index in [0.29, 0.717) is 6.54 Å². The Labute approximate surface area is 119 Å². The van der Waals surface area contributed by atoms with Crippen LogP contribution in [0.15, 0.2) is 16.9 Å². The van der Waals surface area contributed by atoms with Gasteiger partial charge in [-0.05, 0) is 25.2 Å². The van der Waals surface area contributed by atoms with Gasteiger partial charge in [-0.25, -0.2) is 9.78 Å². The van der Waals surface area contributed by atoms with Gasteiger partial charge in [-0.15, -0.1) is 0 Å². The molecule has 0 aliphatic carbocycles. The largest absolute Gasteiger partial charge is 0.363 e. The Balaban J connectivity index is 2.34. The summed E-state index contributed by atoms with van der Waals surface area (Å²) in [6.45, 7) is 7.75. The molecule has 0 radical (unpaired) electrons. The third-order valence-electron chi connectivity index (χ3n) is 3.60. The summed E-state index contributed by atoms with van der Waals surface area (Å²) in [6.07, 6.45) is 0. The van der Waals surface area contributed by atoms with E-state index < -0.39 is 0 Å². The van der Waals surface area contributed by atoms with E-state index in [4.69, 9.17) is 0 Å². The maximum atomic E-state index is 12.0. The average Bonchev–Trinajstić information content (AvgIpc) is 2.75. The molecule has 6 nitrogen and oxygen atoms in total. The van der Waals surface area contributed by atoms with Gasteiger partial charge in [-0.3, -0.25) is 4.57 Å². The van der Waals surface area contributed by atoms with Crippen LogP contribution in [0.25, 0.3) is 11.2 Å². The fourth-order valence-electron chi connectivity index (χ4n) is 2.26. The SMILES string of the molecule is CCN(CC)CCn1c(=O)[nH]c2ccc(N(C)C)nc21. The Morgan fingerprint density at radius 3 is 2.55 bits per heavy atom. The summed E-state index contributed by atoms with van der Waals surface area (Å²) in [5.74, 6) is 0.855. The molecule has 0 unspecified atom stereocenters. The van der Waals surface area contributed by atoms with Crippen LogP contribution in [0.5, 0.6) is 0 Å². The quantitative estimate of drug-likeness (QED) is 0.860. The monoisotopic (exact) mass is 277 g/mol. The predicted octanol–water partition coefficient (Wildman–Crippen LogP) is 1.13. The van der Waals surface area contributed by atoms with Crippen LogP contribution in [0, 0.1) is 0 Å². The van der Waals surface area contributed by atoms with Crippen LogP contribution in [0.4, 0.5) is 5.82 Å². The minimum Gasteiger partial charge on any atom is -0.363 e. The molecule has 20 heavy (non-hydrogen) atoms. The van der Waals surface area contributed by atoms with Gasteiger partial charge in [0.2, 0.25) is 0 Å². The molecule has 2 aromatic rings. The highest BCUT2D eigenvalue weighted by Gasteiger charge is 2.10. The minimum absolute atomic E-state index is 0.0874. The second-order valence-electron chi connectivity index (χ2n) is 5.04. The van der Waals surface area contributed by atoms with E-state index in [1.54, 1.807) is 4.57 Å². The lowest BCUT2D eigenvalue weighted by Crippen LogP contribution is -2.30. The maximum Gasteiger partial charge on any atom is 0.327 e. The minimum atomic E-state index is -0.0874. The van der Waals surface area contributed by atoms with Crippen LogP contribution in [0.1, 0.15) is 13.8 Å². The van der Waals surface area contributed by atoms with Crippen LogP contribution in [-0.4, -0.2) is 53.2 Å². The Morgan fingerprint density at radius 1 is 1.25 bits per heavy atom. The summed E-state index contributed by atoms with van der Waals surface area (Å²) in [4.78, 5) is 23.7. The van der Waals surface area contributed by atoms with Crippen LogP contribution in [-0.2, 0) is 6.54 Å². The highest BCUT2D eigenvalue weighted by Crippen LogP contribution is 2.13. The molecule has 0 spiro atoms. The van der Waals surface area contributed by atoms with Gasteiger partial charge in [-0.1, -0.05) is 13.8 Å². The molecule has 0 aromatic carbocycles. The number of aromatic nitrogens is 3. The molecule has 0 atom stereocenters. The Kier molecular flexibility index (Phi) is 4.44. The van der Waals surface area contributed by atoms with E-state index in [1.807, 2.05) is 31.1 Å². The van der Waals surface area contributed by atoms with E-state index in [-0.39, 0.29) is 5.69 Å². The first-order valence-corrected chi connectivity index (χ1v) is 7.06. The van der Waals surface area contributed by atoms with Gasteiger partial charge in [0.05, 0.1) is 5.52 Å². The molecule has 0 aliphatic rings. The average molecular weight is 277 g/mol. The molecule has 110 valence electrons. The Morgan fingerprint density at radius 2 is 1.95 bits per heavy atom. The molecule has 0 saturated carbocycles. The van der Waals surface area contributed by atoms with Gasteiger partial charge < -0.3 is 14.8 Å². The number of anilines is 1. The number of nitrogens with zero attached hydrogens (tertiary/aromatic N) is 4. The number of fused-ring (bicyclic) bond motifs is 1. The first-order valence-electron chi connectivity index (χ1n) is 7.06. The highest BCUT2D eigenvalue weighted by molar-refractivity contribution is 5.73. The van der Waals surface area contributed by atoms with Gasteiger partial charge in [0.15, 0.2) is 5.65 Å². The lowest BCUT2D eigenvalue weighted by molar-refractivity contribution is 0.290. The van der Waals surface area contributed by atoms with Crippen molar-refractivity contribution in [2.24, 2.45) is 0 Å². The van der Waals surface area contributed by atoms with Crippen molar-refractivity contribution in [2.45, 2.75) is 20.4 Å². The van der Waals surface area contributed by atoms with Gasteiger partial charge >= 0.3 is 5.69 Å². The smallest absolute Gasteiger partial charge is 0.327 e. The zero-order valence-corrected chi connectivity index (χ0v) is 12.7. The van der Waals surface area contributed by atoms with Crippen molar-refractivity contribution >= 4 is 17.0 Å². The van der Waals surface area contributed by atoms with Crippen molar-refractivity contribution in [3.8, 4) is 0 Å². The van der Waals surface area contributed by atoms with Crippen LogP contribution >= 0.6 is 0 Å². The van der Waals surface area contributed by atoms with Crippen molar-refractivity contribution < 1.29 is 0 Å². The summed E-state index contributed by atoms with van der Waals surface area (Å²) < 4.78 is 1.72. The van der Waals surface area contributed by atoms with Crippen LogP contribution < -0.4 is 10.6 Å².